The third-order valence-corrected chi connectivity index (χ3v) is 3.60. The van der Waals surface area contributed by atoms with Gasteiger partial charge in [0.05, 0.1) is 18.4 Å². The van der Waals surface area contributed by atoms with Crippen LogP contribution in [0.1, 0.15) is 29.5 Å². The molecule has 0 saturated carbocycles. The summed E-state index contributed by atoms with van der Waals surface area (Å²) in [5.41, 5.74) is 5.07. The summed E-state index contributed by atoms with van der Waals surface area (Å²) in [6.45, 7) is 1.96. The lowest BCUT2D eigenvalue weighted by molar-refractivity contribution is -0.123. The third-order valence-electron chi connectivity index (χ3n) is 3.39. The minimum Gasteiger partial charge on any atom is -0.484 e. The lowest BCUT2D eigenvalue weighted by Crippen LogP contribution is -2.49. The molecule has 1 aromatic carbocycles. The first-order chi connectivity index (χ1) is 14.5. The fourth-order valence-electron chi connectivity index (χ4n) is 2.01. The molecule has 0 aliphatic rings. The molecule has 2 amide bonds. The molecule has 2 aromatic rings. The normalized spacial score (nSPS) is 10.3. The van der Waals surface area contributed by atoms with Crippen molar-refractivity contribution in [1.29, 1.82) is 0 Å². The van der Waals surface area contributed by atoms with Crippen molar-refractivity contribution in [2.75, 3.05) is 13.2 Å². The van der Waals surface area contributed by atoms with Crippen molar-refractivity contribution in [2.45, 2.75) is 13.3 Å². The van der Waals surface area contributed by atoms with Gasteiger partial charge in [-0.25, -0.2) is 4.79 Å². The standard InChI is InChI=1S/C20H21N3O6S/c1-2-11-28-19(26)14-5-7-16(8-6-14)29-13-18(25)22-23-20(30)21-17(24)10-9-15-4-3-12-27-15/h3-10,12H,2,11,13H2,1H3,(H,22,25)(H2,21,23,24,30). The van der Waals surface area contributed by atoms with Gasteiger partial charge < -0.3 is 13.9 Å². The predicted octanol–water partition coefficient (Wildman–Crippen LogP) is 1.96. The Hall–Kier alpha value is -3.66. The number of furan rings is 1. The fourth-order valence-corrected chi connectivity index (χ4v) is 2.16. The average molecular weight is 431 g/mol. The van der Waals surface area contributed by atoms with Gasteiger partial charge in [-0.15, -0.1) is 0 Å². The number of ether oxygens (including phenoxy) is 2. The molecule has 2 rings (SSSR count). The minimum absolute atomic E-state index is 0.0904. The zero-order valence-corrected chi connectivity index (χ0v) is 17.0. The minimum atomic E-state index is -0.524. The lowest BCUT2D eigenvalue weighted by atomic mass is 10.2. The Bertz CT molecular complexity index is 894. The average Bonchev–Trinajstić information content (AvgIpc) is 3.27. The van der Waals surface area contributed by atoms with E-state index < -0.39 is 17.8 Å². The second-order valence-electron chi connectivity index (χ2n) is 5.79. The first-order valence-corrected chi connectivity index (χ1v) is 9.40. The van der Waals surface area contributed by atoms with Crippen LogP contribution in [0.5, 0.6) is 5.75 Å². The lowest BCUT2D eigenvalue weighted by Gasteiger charge is -2.10. The Morgan fingerprint density at radius 3 is 2.57 bits per heavy atom. The van der Waals surface area contributed by atoms with Crippen LogP contribution in [-0.2, 0) is 14.3 Å². The van der Waals surface area contributed by atoms with Crippen LogP contribution in [-0.4, -0.2) is 36.1 Å². The highest BCUT2D eigenvalue weighted by molar-refractivity contribution is 7.80. The van der Waals surface area contributed by atoms with E-state index in [1.807, 2.05) is 6.92 Å². The monoisotopic (exact) mass is 431 g/mol. The molecule has 0 unspecified atom stereocenters. The maximum Gasteiger partial charge on any atom is 0.338 e. The highest BCUT2D eigenvalue weighted by Crippen LogP contribution is 2.13. The van der Waals surface area contributed by atoms with E-state index in [-0.39, 0.29) is 11.7 Å². The van der Waals surface area contributed by atoms with Gasteiger partial charge in [0.2, 0.25) is 5.91 Å². The number of hydrogen-bond acceptors (Lipinski definition) is 7. The first-order valence-electron chi connectivity index (χ1n) is 8.99. The van der Waals surface area contributed by atoms with Crippen LogP contribution in [0.15, 0.2) is 53.2 Å². The number of carbonyl (C=O) groups excluding carboxylic acids is 3. The van der Waals surface area contributed by atoms with Gasteiger partial charge in [0.15, 0.2) is 11.7 Å². The number of carbonyl (C=O) groups is 3. The summed E-state index contributed by atoms with van der Waals surface area (Å²) in [5.74, 6) is -0.521. The Kier molecular flexibility index (Phi) is 9.07. The molecule has 0 fully saturated rings. The van der Waals surface area contributed by atoms with Crippen molar-refractivity contribution in [1.82, 2.24) is 16.2 Å². The maximum atomic E-state index is 11.8. The molecular formula is C20H21N3O6S. The summed E-state index contributed by atoms with van der Waals surface area (Å²) < 4.78 is 15.4. The van der Waals surface area contributed by atoms with Crippen LogP contribution in [0, 0.1) is 0 Å². The van der Waals surface area contributed by atoms with Crippen LogP contribution in [0.3, 0.4) is 0 Å². The number of hydrogen-bond donors (Lipinski definition) is 3. The SMILES string of the molecule is CCCOC(=O)c1ccc(OCC(=O)NNC(=S)NC(=O)C=Cc2ccco2)cc1. The van der Waals surface area contributed by atoms with Gasteiger partial charge in [0.1, 0.15) is 11.5 Å². The third kappa shape index (κ3) is 8.15. The summed E-state index contributed by atoms with van der Waals surface area (Å²) >= 11 is 4.91. The zero-order chi connectivity index (χ0) is 21.8. The van der Waals surface area contributed by atoms with Crippen LogP contribution in [0.4, 0.5) is 0 Å². The Balaban J connectivity index is 1.67. The van der Waals surface area contributed by atoms with Crippen molar-refractivity contribution in [3.8, 4) is 5.75 Å². The van der Waals surface area contributed by atoms with Gasteiger partial charge in [-0.3, -0.25) is 25.8 Å². The van der Waals surface area contributed by atoms with Crippen LogP contribution >= 0.6 is 12.2 Å². The van der Waals surface area contributed by atoms with E-state index in [1.54, 1.807) is 36.4 Å². The van der Waals surface area contributed by atoms with Gasteiger partial charge in [-0.05, 0) is 61.1 Å². The molecule has 158 valence electrons. The number of benzene rings is 1. The van der Waals surface area contributed by atoms with E-state index in [0.29, 0.717) is 23.7 Å². The molecule has 0 bridgehead atoms. The second-order valence-corrected chi connectivity index (χ2v) is 6.20. The number of hydrazine groups is 1. The highest BCUT2D eigenvalue weighted by atomic mass is 32.1. The molecular weight excluding hydrogens is 410 g/mol. The van der Waals surface area contributed by atoms with Gasteiger partial charge >= 0.3 is 5.97 Å². The second kappa shape index (κ2) is 12.0. The van der Waals surface area contributed by atoms with Crippen LogP contribution < -0.4 is 20.9 Å². The van der Waals surface area contributed by atoms with Crippen molar-refractivity contribution in [2.24, 2.45) is 0 Å². The summed E-state index contributed by atoms with van der Waals surface area (Å²) in [6.07, 6.45) is 4.93. The van der Waals surface area contributed by atoms with Crippen molar-refractivity contribution in [3.05, 3.63) is 60.1 Å². The summed E-state index contributed by atoms with van der Waals surface area (Å²) in [6, 6.07) is 9.58. The van der Waals surface area contributed by atoms with Crippen molar-refractivity contribution < 1.29 is 28.3 Å². The van der Waals surface area contributed by atoms with Crippen molar-refractivity contribution >= 4 is 41.2 Å². The molecule has 0 radical (unpaired) electrons. The molecule has 30 heavy (non-hydrogen) atoms. The molecule has 0 aliphatic heterocycles. The number of nitrogens with one attached hydrogen (secondary N) is 3. The Labute approximate surface area is 178 Å². The predicted molar refractivity (Wildman–Crippen MR) is 112 cm³/mol. The molecule has 0 aliphatic carbocycles. The van der Waals surface area contributed by atoms with E-state index in [4.69, 9.17) is 26.1 Å². The van der Waals surface area contributed by atoms with Gasteiger partial charge in [0.25, 0.3) is 5.91 Å². The summed E-state index contributed by atoms with van der Waals surface area (Å²) in [5, 5.41) is 2.27. The van der Waals surface area contributed by atoms with E-state index >= 15 is 0 Å². The summed E-state index contributed by atoms with van der Waals surface area (Å²) in [4.78, 5) is 35.2. The van der Waals surface area contributed by atoms with Gasteiger partial charge in [-0.1, -0.05) is 6.92 Å². The highest BCUT2D eigenvalue weighted by Gasteiger charge is 2.08. The molecule has 3 N–H and O–H groups in total. The Morgan fingerprint density at radius 2 is 1.90 bits per heavy atom. The fraction of sp³-hybridized carbons (Fsp3) is 0.200. The zero-order valence-electron chi connectivity index (χ0n) is 16.2. The van der Waals surface area contributed by atoms with Crippen molar-refractivity contribution in [3.63, 3.8) is 0 Å². The molecule has 1 aromatic heterocycles. The van der Waals surface area contributed by atoms with Gasteiger partial charge in [-0.2, -0.15) is 0 Å². The smallest absolute Gasteiger partial charge is 0.338 e. The van der Waals surface area contributed by atoms with Crippen LogP contribution in [0.25, 0.3) is 6.08 Å². The Morgan fingerprint density at radius 1 is 1.13 bits per heavy atom. The molecule has 0 atom stereocenters. The maximum absolute atomic E-state index is 11.8. The quantitative estimate of drug-likeness (QED) is 0.251. The molecule has 1 heterocycles. The van der Waals surface area contributed by atoms with Gasteiger partial charge in [0, 0.05) is 6.08 Å². The van der Waals surface area contributed by atoms with E-state index in [2.05, 4.69) is 16.2 Å². The number of amides is 2. The van der Waals surface area contributed by atoms with E-state index in [1.165, 1.54) is 18.4 Å². The molecule has 0 saturated heterocycles. The topological polar surface area (TPSA) is 119 Å². The van der Waals surface area contributed by atoms with E-state index in [9.17, 15) is 14.4 Å². The first kappa shape index (κ1) is 22.6. The number of thiocarbonyl (C=S) groups is 1. The molecule has 9 nitrogen and oxygen atoms in total. The molecule has 10 heteroatoms. The van der Waals surface area contributed by atoms with Crippen LogP contribution in [0.2, 0.25) is 0 Å². The molecule has 0 spiro atoms. The largest absolute Gasteiger partial charge is 0.484 e. The number of rotatable bonds is 8. The summed E-state index contributed by atoms with van der Waals surface area (Å²) in [7, 11) is 0. The van der Waals surface area contributed by atoms with E-state index in [0.717, 1.165) is 6.42 Å². The number of esters is 1.